The topological polar surface area (TPSA) is 343 Å². The number of nitrogens with zero attached hydrogens (tertiary/aromatic N) is 2. The molecule has 2 aromatic rings. The fraction of sp³-hybridized carbons (Fsp3) is 0. The summed E-state index contributed by atoms with van der Waals surface area (Å²) >= 11 is 0. The van der Waals surface area contributed by atoms with Gasteiger partial charge in [0.15, 0.2) is 11.4 Å². The van der Waals surface area contributed by atoms with Crippen LogP contribution in [0.25, 0.3) is 0 Å². The summed E-state index contributed by atoms with van der Waals surface area (Å²) in [5.41, 5.74) is -2.11. The molecule has 0 aliphatic rings. The summed E-state index contributed by atoms with van der Waals surface area (Å²) in [6.45, 7) is 0. The Morgan fingerprint density at radius 1 is 0.778 bits per heavy atom. The summed E-state index contributed by atoms with van der Waals surface area (Å²) in [7, 11) is 0. The van der Waals surface area contributed by atoms with Crippen molar-refractivity contribution >= 4 is 23.9 Å². The molecule has 0 atom stereocenters. The van der Waals surface area contributed by atoms with Crippen molar-refractivity contribution in [3.05, 3.63) is 35.4 Å². The average molecular weight is 498 g/mol. The molecule has 2 aromatic heterocycles. The molecule has 0 fully saturated rings. The number of aromatic carboxylic acids is 4. The van der Waals surface area contributed by atoms with Crippen LogP contribution in [0.3, 0.4) is 0 Å². The van der Waals surface area contributed by atoms with Gasteiger partial charge in [-0.05, 0) is 0 Å². The van der Waals surface area contributed by atoms with E-state index in [-0.39, 0.29) is 49.2 Å². The van der Waals surface area contributed by atoms with Crippen LogP contribution in [0, 0.1) is 0 Å². The predicted molar refractivity (Wildman–Crippen MR) is 78.0 cm³/mol. The van der Waals surface area contributed by atoms with Crippen LogP contribution in [0.2, 0.25) is 0 Å². The second-order valence-electron chi connectivity index (χ2n) is 3.44. The summed E-state index contributed by atoms with van der Waals surface area (Å²) in [6.07, 6.45) is 1.96. The van der Waals surface area contributed by atoms with Crippen molar-refractivity contribution in [1.82, 2.24) is 19.9 Å². The molecule has 0 radical (unpaired) electrons. The Kier molecular flexibility index (Phi) is 20.0. The first-order chi connectivity index (χ1) is 10.3. The first-order valence-corrected chi connectivity index (χ1v) is 5.21. The van der Waals surface area contributed by atoms with E-state index in [1.54, 1.807) is 0 Å². The maximum absolute atomic E-state index is 10.2. The van der Waals surface area contributed by atoms with E-state index in [0.717, 1.165) is 12.7 Å². The molecule has 17 heteroatoms. The second kappa shape index (κ2) is 15.3. The number of aromatic amines is 2. The minimum Gasteiger partial charge on any atom is -0.543 e. The fourth-order valence-electron chi connectivity index (χ4n) is 1.22. The standard InChI is InChI=1S/2C5H4N2O4.Cd.4H2O/c2*8-4(9)2-3(5(10)11)7-1-6-2;;;;;/h2*1H,(H,6,7)(H,8,9)(H,10,11);;4*1H2/q;;+2;;;;/p+1. The summed E-state index contributed by atoms with van der Waals surface area (Å²) < 4.78 is 0. The van der Waals surface area contributed by atoms with Crippen molar-refractivity contribution in [1.29, 1.82) is 0 Å². The van der Waals surface area contributed by atoms with Crippen LogP contribution >= 0.6 is 0 Å². The maximum Gasteiger partial charge on any atom is 2.00 e. The van der Waals surface area contributed by atoms with Crippen molar-refractivity contribution in [3.8, 4) is 0 Å². The summed E-state index contributed by atoms with van der Waals surface area (Å²) in [5.74, 6) is -5.96. The van der Waals surface area contributed by atoms with Crippen LogP contribution in [0.15, 0.2) is 12.7 Å². The van der Waals surface area contributed by atoms with E-state index < -0.39 is 46.7 Å². The molecule has 15 N–H and O–H groups in total. The van der Waals surface area contributed by atoms with Crippen LogP contribution in [-0.4, -0.2) is 59.5 Å². The third kappa shape index (κ3) is 9.36. The van der Waals surface area contributed by atoms with Crippen LogP contribution in [0.5, 0.6) is 0 Å². The minimum atomic E-state index is -1.61. The van der Waals surface area contributed by atoms with Crippen molar-refractivity contribution in [3.63, 3.8) is 0 Å². The van der Waals surface area contributed by atoms with Gasteiger partial charge < -0.3 is 61.9 Å². The maximum atomic E-state index is 10.2. The summed E-state index contributed by atoms with van der Waals surface area (Å²) in [4.78, 5) is 51.5. The predicted octanol–water partition coefficient (Wildman–Crippen LogP) is -6.65. The average Bonchev–Trinajstić information content (AvgIpc) is 3.08. The monoisotopic (exact) mass is 499 g/mol. The molecule has 0 bridgehead atoms. The van der Waals surface area contributed by atoms with E-state index in [4.69, 9.17) is 10.2 Å². The molecular weight excluding hydrogens is 481 g/mol. The third-order valence-electron chi connectivity index (χ3n) is 2.09. The molecule has 16 nitrogen and oxygen atoms in total. The third-order valence-corrected chi connectivity index (χ3v) is 2.09. The van der Waals surface area contributed by atoms with Gasteiger partial charge in [-0.15, -0.1) is 0 Å². The van der Waals surface area contributed by atoms with E-state index in [0.29, 0.717) is 0 Å². The van der Waals surface area contributed by atoms with Gasteiger partial charge in [-0.25, -0.2) is 19.6 Å². The molecule has 0 aromatic carbocycles. The van der Waals surface area contributed by atoms with E-state index in [9.17, 15) is 29.4 Å². The van der Waals surface area contributed by atoms with Gasteiger partial charge in [-0.3, -0.25) is 0 Å². The smallest absolute Gasteiger partial charge is 0.543 e. The second-order valence-corrected chi connectivity index (χ2v) is 3.44. The molecule has 0 spiro atoms. The summed E-state index contributed by atoms with van der Waals surface area (Å²) in [5, 5.41) is 36.9. The molecule has 0 amide bonds. The molecule has 2 heterocycles. The molecule has 0 aliphatic heterocycles. The Bertz CT molecular complexity index is 623. The molecule has 0 saturated carbocycles. The van der Waals surface area contributed by atoms with Crippen molar-refractivity contribution in [2.45, 2.75) is 0 Å². The Balaban J connectivity index is -0.000000101. The number of carboxylic acid groups (broad SMARTS) is 4. The number of H-pyrrole nitrogens is 2. The minimum absolute atomic E-state index is 0. The zero-order valence-corrected chi connectivity index (χ0v) is 17.4. The van der Waals surface area contributed by atoms with E-state index in [1.807, 2.05) is 0 Å². The van der Waals surface area contributed by atoms with Crippen molar-refractivity contribution < 1.29 is 88.8 Å². The van der Waals surface area contributed by atoms with Gasteiger partial charge in [0.2, 0.25) is 0 Å². The van der Waals surface area contributed by atoms with Gasteiger partial charge >= 0.3 is 39.2 Å². The van der Waals surface area contributed by atoms with Gasteiger partial charge in [0.05, 0.1) is 24.6 Å². The Morgan fingerprint density at radius 2 is 1.04 bits per heavy atom. The number of imidazole rings is 2. The van der Waals surface area contributed by atoms with Crippen molar-refractivity contribution in [2.75, 3.05) is 0 Å². The molecule has 0 saturated heterocycles. The van der Waals surface area contributed by atoms with Gasteiger partial charge in [0.1, 0.15) is 11.4 Å². The number of carboxylic acids is 4. The zero-order chi connectivity index (χ0) is 16.9. The van der Waals surface area contributed by atoms with Crippen LogP contribution in [-0.2, 0) is 43.7 Å². The van der Waals surface area contributed by atoms with Crippen LogP contribution in [0.1, 0.15) is 42.0 Å². The molecular formula is C10H17CdN4O12+3. The fourth-order valence-corrected chi connectivity index (χ4v) is 1.22. The summed E-state index contributed by atoms with van der Waals surface area (Å²) in [6, 6.07) is 0. The number of hydrogen-bond acceptors (Lipinski definition) is 8. The molecule has 0 unspecified atom stereocenters. The van der Waals surface area contributed by atoms with E-state index in [2.05, 4.69) is 19.9 Å². The number of carbonyl (C=O) groups excluding carboxylic acids is 2. The van der Waals surface area contributed by atoms with Crippen LogP contribution < -0.4 is 10.2 Å². The normalized spacial score (nSPS) is 7.70. The SMILES string of the molecule is O.O=C([O-])c1nc[nH]c1C(=O)O.O=C([O-])c1nc[nH]c1C(=O)O.[Cd+2].[OH3+].[OH3+].[OH3+]. The first kappa shape index (κ1) is 35.2. The van der Waals surface area contributed by atoms with Gasteiger partial charge in [-0.2, -0.15) is 0 Å². The first-order valence-electron chi connectivity index (χ1n) is 5.21. The molecule has 0 aliphatic carbocycles. The number of nitrogens with one attached hydrogen (secondary N) is 2. The van der Waals surface area contributed by atoms with E-state index >= 15 is 0 Å². The Hall–Kier alpha value is -2.94. The number of carbonyl (C=O) groups is 4. The Morgan fingerprint density at radius 3 is 1.19 bits per heavy atom. The molecule has 27 heavy (non-hydrogen) atoms. The van der Waals surface area contributed by atoms with Gasteiger partial charge in [0, 0.05) is 0 Å². The van der Waals surface area contributed by atoms with E-state index in [1.165, 1.54) is 0 Å². The number of aromatic nitrogens is 4. The van der Waals surface area contributed by atoms with Gasteiger partial charge in [-0.1, -0.05) is 0 Å². The van der Waals surface area contributed by atoms with Gasteiger partial charge in [0.25, 0.3) is 0 Å². The number of rotatable bonds is 4. The largest absolute Gasteiger partial charge is 2.00 e. The molecule has 2 rings (SSSR count). The quantitative estimate of drug-likeness (QED) is 0.228. The Labute approximate surface area is 168 Å². The zero-order valence-electron chi connectivity index (χ0n) is 13.3. The number of hydrogen-bond donors (Lipinski definition) is 4. The van der Waals surface area contributed by atoms with Crippen molar-refractivity contribution in [2.24, 2.45) is 0 Å². The molecule has 148 valence electrons. The van der Waals surface area contributed by atoms with Crippen LogP contribution in [0.4, 0.5) is 0 Å².